The summed E-state index contributed by atoms with van der Waals surface area (Å²) in [5.41, 5.74) is 3.83. The van der Waals surface area contributed by atoms with Crippen LogP contribution in [0, 0.1) is 0 Å². The zero-order valence-corrected chi connectivity index (χ0v) is 17.7. The Morgan fingerprint density at radius 3 is 1.87 bits per heavy atom. The molecule has 0 aliphatic carbocycles. The molecule has 0 aliphatic rings. The Morgan fingerprint density at radius 2 is 1.32 bits per heavy atom. The molecule has 156 valence electrons. The second kappa shape index (κ2) is 8.79. The van der Waals surface area contributed by atoms with E-state index in [1.54, 1.807) is 12.1 Å². The first-order valence-electron chi connectivity index (χ1n) is 9.83. The smallest absolute Gasteiger partial charge is 0.203 e. The Hall–Kier alpha value is -3.99. The molecule has 0 atom stereocenters. The molecule has 0 amide bonds. The van der Waals surface area contributed by atoms with Crippen LogP contribution in [0.3, 0.4) is 0 Å². The second-order valence-electron chi connectivity index (χ2n) is 6.94. The molecule has 4 rings (SSSR count). The minimum atomic E-state index is -0.132. The molecule has 0 unspecified atom stereocenters. The van der Waals surface area contributed by atoms with Crippen molar-refractivity contribution in [3.63, 3.8) is 0 Å². The van der Waals surface area contributed by atoms with Crippen LogP contribution in [0.2, 0.25) is 0 Å². The third-order valence-corrected chi connectivity index (χ3v) is 5.14. The van der Waals surface area contributed by atoms with E-state index in [9.17, 15) is 4.79 Å². The van der Waals surface area contributed by atoms with E-state index < -0.39 is 0 Å². The summed E-state index contributed by atoms with van der Waals surface area (Å²) >= 11 is 0. The molecule has 31 heavy (non-hydrogen) atoms. The van der Waals surface area contributed by atoms with Crippen molar-refractivity contribution in [1.82, 2.24) is 4.57 Å². The lowest BCUT2D eigenvalue weighted by Gasteiger charge is -2.14. The molecule has 0 radical (unpaired) electrons. The third kappa shape index (κ3) is 3.90. The number of ketones is 1. The lowest BCUT2D eigenvalue weighted by Crippen LogP contribution is -2.04. The van der Waals surface area contributed by atoms with Gasteiger partial charge in [0.2, 0.25) is 5.75 Å². The minimum Gasteiger partial charge on any atom is -0.493 e. The summed E-state index contributed by atoms with van der Waals surface area (Å²) in [6.45, 7) is 0. The minimum absolute atomic E-state index is 0.132. The first-order chi connectivity index (χ1) is 15.2. The topological polar surface area (TPSA) is 49.7 Å². The molecular formula is C26H23NO4. The van der Waals surface area contributed by atoms with Crippen molar-refractivity contribution in [2.45, 2.75) is 0 Å². The fraction of sp³-hybridized carbons (Fsp3) is 0.115. The van der Waals surface area contributed by atoms with E-state index in [2.05, 4.69) is 0 Å². The molecule has 0 spiro atoms. The number of carbonyl (C=O) groups is 1. The first-order valence-corrected chi connectivity index (χ1v) is 9.83. The van der Waals surface area contributed by atoms with Crippen LogP contribution < -0.4 is 14.2 Å². The van der Waals surface area contributed by atoms with Gasteiger partial charge in [0, 0.05) is 34.8 Å². The van der Waals surface area contributed by atoms with Crippen molar-refractivity contribution in [3.8, 4) is 34.1 Å². The van der Waals surface area contributed by atoms with Crippen molar-refractivity contribution < 1.29 is 19.0 Å². The molecule has 5 nitrogen and oxygen atoms in total. The molecule has 0 saturated heterocycles. The fourth-order valence-corrected chi connectivity index (χ4v) is 3.60. The predicted octanol–water partition coefficient (Wildman–Crippen LogP) is 5.40. The molecule has 0 N–H and O–H groups in total. The van der Waals surface area contributed by atoms with Gasteiger partial charge in [-0.3, -0.25) is 4.79 Å². The molecule has 1 aromatic heterocycles. The number of methoxy groups -OCH3 is 3. The van der Waals surface area contributed by atoms with E-state index in [1.807, 2.05) is 77.6 Å². The standard InChI is InChI=1S/C26H23NO4/c1-29-23-14-19(15-24(30-2)26(23)31-3)25(28)22-17-27(20-12-8-5-9-13-20)16-21(22)18-10-6-4-7-11-18/h4-17H,1-3H3. The maximum Gasteiger partial charge on any atom is 0.203 e. The molecule has 5 heteroatoms. The van der Waals surface area contributed by atoms with Crippen LogP contribution in [0.15, 0.2) is 85.2 Å². The average molecular weight is 413 g/mol. The van der Waals surface area contributed by atoms with Gasteiger partial charge in [0.1, 0.15) is 0 Å². The van der Waals surface area contributed by atoms with E-state index in [0.717, 1.165) is 16.8 Å². The number of hydrogen-bond donors (Lipinski definition) is 0. The quantitative estimate of drug-likeness (QED) is 0.381. The number of aromatic nitrogens is 1. The predicted molar refractivity (Wildman–Crippen MR) is 121 cm³/mol. The lowest BCUT2D eigenvalue weighted by molar-refractivity contribution is 0.103. The largest absolute Gasteiger partial charge is 0.493 e. The van der Waals surface area contributed by atoms with Crippen LogP contribution in [-0.4, -0.2) is 31.7 Å². The molecule has 1 heterocycles. The Labute approximate surface area is 181 Å². The zero-order valence-electron chi connectivity index (χ0n) is 17.7. The number of ether oxygens (including phenoxy) is 3. The number of benzene rings is 3. The average Bonchev–Trinajstić information content (AvgIpc) is 3.29. The van der Waals surface area contributed by atoms with Gasteiger partial charge in [0.25, 0.3) is 0 Å². The Kier molecular flexibility index (Phi) is 5.76. The van der Waals surface area contributed by atoms with Crippen LogP contribution in [-0.2, 0) is 0 Å². The van der Waals surface area contributed by atoms with Crippen LogP contribution >= 0.6 is 0 Å². The summed E-state index contributed by atoms with van der Waals surface area (Å²) in [6.07, 6.45) is 3.85. The summed E-state index contributed by atoms with van der Waals surface area (Å²) in [7, 11) is 4.61. The van der Waals surface area contributed by atoms with Gasteiger partial charge in [-0.15, -0.1) is 0 Å². The van der Waals surface area contributed by atoms with Crippen molar-refractivity contribution in [1.29, 1.82) is 0 Å². The van der Waals surface area contributed by atoms with Gasteiger partial charge in [-0.1, -0.05) is 48.5 Å². The summed E-state index contributed by atoms with van der Waals surface area (Å²) in [6, 6.07) is 23.1. The third-order valence-electron chi connectivity index (χ3n) is 5.14. The maximum absolute atomic E-state index is 13.7. The molecule has 0 bridgehead atoms. The highest BCUT2D eigenvalue weighted by Crippen LogP contribution is 2.39. The monoisotopic (exact) mass is 413 g/mol. The lowest BCUT2D eigenvalue weighted by atomic mass is 9.97. The second-order valence-corrected chi connectivity index (χ2v) is 6.94. The number of carbonyl (C=O) groups excluding carboxylic acids is 1. The summed E-state index contributed by atoms with van der Waals surface area (Å²) in [5, 5.41) is 0. The van der Waals surface area contributed by atoms with E-state index in [-0.39, 0.29) is 5.78 Å². The maximum atomic E-state index is 13.7. The van der Waals surface area contributed by atoms with Crippen LogP contribution in [0.25, 0.3) is 16.8 Å². The van der Waals surface area contributed by atoms with E-state index >= 15 is 0 Å². The van der Waals surface area contributed by atoms with Gasteiger partial charge in [0.15, 0.2) is 17.3 Å². The van der Waals surface area contributed by atoms with E-state index in [4.69, 9.17) is 14.2 Å². The molecule has 3 aromatic carbocycles. The normalized spacial score (nSPS) is 10.5. The van der Waals surface area contributed by atoms with Crippen molar-refractivity contribution in [2.24, 2.45) is 0 Å². The molecule has 0 saturated carbocycles. The van der Waals surface area contributed by atoms with Gasteiger partial charge >= 0.3 is 0 Å². The van der Waals surface area contributed by atoms with Crippen LogP contribution in [0.5, 0.6) is 17.2 Å². The fourth-order valence-electron chi connectivity index (χ4n) is 3.60. The zero-order chi connectivity index (χ0) is 21.8. The number of nitrogens with zero attached hydrogens (tertiary/aromatic N) is 1. The molecule has 4 aromatic rings. The molecule has 0 fully saturated rings. The molecule has 0 aliphatic heterocycles. The Balaban J connectivity index is 1.87. The van der Waals surface area contributed by atoms with Gasteiger partial charge in [0.05, 0.1) is 21.3 Å². The van der Waals surface area contributed by atoms with Crippen LogP contribution in [0.1, 0.15) is 15.9 Å². The Bertz CT molecular complexity index is 1170. The highest BCUT2D eigenvalue weighted by atomic mass is 16.5. The van der Waals surface area contributed by atoms with E-state index in [1.165, 1.54) is 21.3 Å². The summed E-state index contributed by atoms with van der Waals surface area (Å²) < 4.78 is 18.2. The van der Waals surface area contributed by atoms with Gasteiger partial charge in [-0.05, 0) is 29.8 Å². The highest BCUT2D eigenvalue weighted by Gasteiger charge is 2.22. The van der Waals surface area contributed by atoms with Gasteiger partial charge < -0.3 is 18.8 Å². The number of rotatable bonds is 7. The van der Waals surface area contributed by atoms with E-state index in [0.29, 0.717) is 28.4 Å². The van der Waals surface area contributed by atoms with Crippen molar-refractivity contribution in [3.05, 3.63) is 96.3 Å². The summed E-state index contributed by atoms with van der Waals surface area (Å²) in [4.78, 5) is 13.7. The SMILES string of the molecule is COc1cc(C(=O)c2cn(-c3ccccc3)cc2-c2ccccc2)cc(OC)c1OC. The number of para-hydroxylation sites is 1. The number of hydrogen-bond acceptors (Lipinski definition) is 4. The Morgan fingerprint density at radius 1 is 0.742 bits per heavy atom. The van der Waals surface area contributed by atoms with Crippen molar-refractivity contribution in [2.75, 3.05) is 21.3 Å². The van der Waals surface area contributed by atoms with Gasteiger partial charge in [-0.2, -0.15) is 0 Å². The molecular weight excluding hydrogens is 390 g/mol. The van der Waals surface area contributed by atoms with Gasteiger partial charge in [-0.25, -0.2) is 0 Å². The summed E-state index contributed by atoms with van der Waals surface area (Å²) in [5.74, 6) is 1.20. The van der Waals surface area contributed by atoms with Crippen LogP contribution in [0.4, 0.5) is 0 Å². The highest BCUT2D eigenvalue weighted by molar-refractivity contribution is 6.13. The first kappa shape index (κ1) is 20.3. The van der Waals surface area contributed by atoms with Crippen molar-refractivity contribution >= 4 is 5.78 Å².